The van der Waals surface area contributed by atoms with Crippen molar-refractivity contribution in [3.05, 3.63) is 46.3 Å². The van der Waals surface area contributed by atoms with Crippen molar-refractivity contribution in [3.8, 4) is 0 Å². The van der Waals surface area contributed by atoms with Crippen LogP contribution in [0.25, 0.3) is 10.4 Å². The third-order valence-electron chi connectivity index (χ3n) is 1.72. The molecule has 0 fully saturated rings. The normalized spacial score (nSPS) is 9.43. The largest absolute Gasteiger partial charge is 0.157 e. The quantitative estimate of drug-likeness (QED) is 0.304. The Morgan fingerprint density at radius 1 is 1.29 bits per heavy atom. The van der Waals surface area contributed by atoms with Gasteiger partial charge in [0.05, 0.1) is 0 Å². The standard InChI is InChI=1S/C10H13N3S/c11-13-12-7-4-8-14-9-10-5-2-1-3-6-10/h1-3,5-6H,4,7-9H2. The van der Waals surface area contributed by atoms with E-state index >= 15 is 0 Å². The van der Waals surface area contributed by atoms with Crippen molar-refractivity contribution in [1.82, 2.24) is 0 Å². The van der Waals surface area contributed by atoms with Gasteiger partial charge in [-0.2, -0.15) is 11.8 Å². The van der Waals surface area contributed by atoms with E-state index < -0.39 is 0 Å². The van der Waals surface area contributed by atoms with E-state index in [1.165, 1.54) is 5.56 Å². The number of hydrogen-bond donors (Lipinski definition) is 0. The third-order valence-corrected chi connectivity index (χ3v) is 2.84. The van der Waals surface area contributed by atoms with E-state index in [1.807, 2.05) is 17.8 Å². The third kappa shape index (κ3) is 4.80. The van der Waals surface area contributed by atoms with Crippen LogP contribution in [0, 0.1) is 0 Å². The number of azide groups is 1. The highest BCUT2D eigenvalue weighted by atomic mass is 32.2. The van der Waals surface area contributed by atoms with Crippen molar-refractivity contribution < 1.29 is 0 Å². The summed E-state index contributed by atoms with van der Waals surface area (Å²) in [5.74, 6) is 2.09. The SMILES string of the molecule is [N-]=[N+]=NCCCSCc1ccccc1. The summed E-state index contributed by atoms with van der Waals surface area (Å²) < 4.78 is 0. The van der Waals surface area contributed by atoms with E-state index in [4.69, 9.17) is 5.53 Å². The Labute approximate surface area is 88.1 Å². The van der Waals surface area contributed by atoms with Crippen molar-refractivity contribution in [2.45, 2.75) is 12.2 Å². The van der Waals surface area contributed by atoms with Crippen LogP contribution in [0.4, 0.5) is 0 Å². The van der Waals surface area contributed by atoms with Crippen LogP contribution in [0.2, 0.25) is 0 Å². The average Bonchev–Trinajstić information content (AvgIpc) is 2.25. The zero-order valence-electron chi connectivity index (χ0n) is 7.97. The molecule has 0 N–H and O–H groups in total. The number of benzene rings is 1. The van der Waals surface area contributed by atoms with Crippen LogP contribution in [-0.4, -0.2) is 12.3 Å². The molecule has 3 nitrogen and oxygen atoms in total. The molecule has 0 saturated heterocycles. The molecule has 0 amide bonds. The molecule has 0 atom stereocenters. The lowest BCUT2D eigenvalue weighted by Gasteiger charge is -1.99. The smallest absolute Gasteiger partial charge is 0.0265 e. The van der Waals surface area contributed by atoms with E-state index in [0.29, 0.717) is 6.54 Å². The summed E-state index contributed by atoms with van der Waals surface area (Å²) in [5, 5.41) is 3.48. The molecule has 1 rings (SSSR count). The van der Waals surface area contributed by atoms with Crippen molar-refractivity contribution in [3.63, 3.8) is 0 Å². The molecular formula is C10H13N3S. The van der Waals surface area contributed by atoms with Gasteiger partial charge < -0.3 is 0 Å². The fraction of sp³-hybridized carbons (Fsp3) is 0.400. The van der Waals surface area contributed by atoms with Crippen molar-refractivity contribution in [1.29, 1.82) is 0 Å². The van der Waals surface area contributed by atoms with Gasteiger partial charge in [0.15, 0.2) is 0 Å². The predicted molar refractivity (Wildman–Crippen MR) is 61.2 cm³/mol. The van der Waals surface area contributed by atoms with Crippen LogP contribution in [0.3, 0.4) is 0 Å². The van der Waals surface area contributed by atoms with E-state index in [-0.39, 0.29) is 0 Å². The molecule has 0 unspecified atom stereocenters. The Morgan fingerprint density at radius 2 is 2.07 bits per heavy atom. The molecule has 1 aromatic rings. The van der Waals surface area contributed by atoms with Gasteiger partial charge in [-0.15, -0.1) is 0 Å². The molecule has 0 aromatic heterocycles. The maximum Gasteiger partial charge on any atom is 0.0265 e. The van der Waals surface area contributed by atoms with Gasteiger partial charge in [0.1, 0.15) is 0 Å². The van der Waals surface area contributed by atoms with Gasteiger partial charge in [-0.25, -0.2) is 0 Å². The van der Waals surface area contributed by atoms with Gasteiger partial charge in [-0.1, -0.05) is 35.4 Å². The van der Waals surface area contributed by atoms with Gasteiger partial charge in [-0.05, 0) is 23.3 Å². The Bertz CT molecular complexity index is 293. The molecule has 0 bridgehead atoms. The highest BCUT2D eigenvalue weighted by Gasteiger charge is 1.91. The van der Waals surface area contributed by atoms with Crippen molar-refractivity contribution in [2.24, 2.45) is 5.11 Å². The molecular weight excluding hydrogens is 194 g/mol. The summed E-state index contributed by atoms with van der Waals surface area (Å²) in [4.78, 5) is 2.71. The lowest BCUT2D eigenvalue weighted by Crippen LogP contribution is -1.85. The molecule has 0 radical (unpaired) electrons. The second kappa shape index (κ2) is 7.30. The fourth-order valence-electron chi connectivity index (χ4n) is 1.05. The van der Waals surface area contributed by atoms with Crippen LogP contribution >= 0.6 is 11.8 Å². The predicted octanol–water partition coefficient (Wildman–Crippen LogP) is 3.62. The minimum absolute atomic E-state index is 0.609. The summed E-state index contributed by atoms with van der Waals surface area (Å²) in [5.41, 5.74) is 9.40. The Morgan fingerprint density at radius 3 is 2.79 bits per heavy atom. The van der Waals surface area contributed by atoms with E-state index in [9.17, 15) is 0 Å². The van der Waals surface area contributed by atoms with E-state index in [0.717, 1.165) is 17.9 Å². The number of rotatable bonds is 6. The monoisotopic (exact) mass is 207 g/mol. The summed E-state index contributed by atoms with van der Waals surface area (Å²) >= 11 is 1.87. The molecule has 0 aliphatic heterocycles. The van der Waals surface area contributed by atoms with Crippen LogP contribution < -0.4 is 0 Å². The van der Waals surface area contributed by atoms with E-state index in [2.05, 4.69) is 34.3 Å². The second-order valence-corrected chi connectivity index (χ2v) is 3.95. The van der Waals surface area contributed by atoms with Crippen LogP contribution in [0.5, 0.6) is 0 Å². The van der Waals surface area contributed by atoms with E-state index in [1.54, 1.807) is 0 Å². The van der Waals surface area contributed by atoms with Crippen LogP contribution in [0.1, 0.15) is 12.0 Å². The molecule has 0 saturated carbocycles. The number of nitrogens with zero attached hydrogens (tertiary/aromatic N) is 3. The van der Waals surface area contributed by atoms with Crippen LogP contribution in [0.15, 0.2) is 35.4 Å². The zero-order valence-corrected chi connectivity index (χ0v) is 8.78. The van der Waals surface area contributed by atoms with Gasteiger partial charge in [0.25, 0.3) is 0 Å². The summed E-state index contributed by atoms with van der Waals surface area (Å²) in [6, 6.07) is 10.4. The Hall–Kier alpha value is -1.12. The molecule has 14 heavy (non-hydrogen) atoms. The lowest BCUT2D eigenvalue weighted by molar-refractivity contribution is 0.931. The van der Waals surface area contributed by atoms with Gasteiger partial charge in [0.2, 0.25) is 0 Å². The van der Waals surface area contributed by atoms with Gasteiger partial charge >= 0.3 is 0 Å². The maximum absolute atomic E-state index is 8.05. The first kappa shape index (κ1) is 11.0. The van der Waals surface area contributed by atoms with Crippen molar-refractivity contribution >= 4 is 11.8 Å². The first-order chi connectivity index (χ1) is 6.93. The number of thioether (sulfide) groups is 1. The lowest BCUT2D eigenvalue weighted by atomic mass is 10.2. The first-order valence-electron chi connectivity index (χ1n) is 4.56. The number of hydrogen-bond acceptors (Lipinski definition) is 2. The molecule has 0 spiro atoms. The highest BCUT2D eigenvalue weighted by molar-refractivity contribution is 7.98. The van der Waals surface area contributed by atoms with Crippen LogP contribution in [-0.2, 0) is 5.75 Å². The molecule has 1 aromatic carbocycles. The average molecular weight is 207 g/mol. The molecule has 0 heterocycles. The molecule has 74 valence electrons. The highest BCUT2D eigenvalue weighted by Crippen LogP contribution is 2.12. The zero-order chi connectivity index (χ0) is 10.1. The molecule has 4 heteroatoms. The maximum atomic E-state index is 8.05. The summed E-state index contributed by atoms with van der Waals surface area (Å²) in [6.45, 7) is 0.609. The second-order valence-electron chi connectivity index (χ2n) is 2.85. The molecule has 0 aliphatic carbocycles. The first-order valence-corrected chi connectivity index (χ1v) is 5.71. The minimum atomic E-state index is 0.609. The van der Waals surface area contributed by atoms with Crippen molar-refractivity contribution in [2.75, 3.05) is 12.3 Å². The topological polar surface area (TPSA) is 48.8 Å². The Balaban J connectivity index is 2.07. The summed E-state index contributed by atoms with van der Waals surface area (Å²) in [7, 11) is 0. The fourth-order valence-corrected chi connectivity index (χ4v) is 1.95. The minimum Gasteiger partial charge on any atom is -0.157 e. The summed E-state index contributed by atoms with van der Waals surface area (Å²) in [6.07, 6.45) is 0.960. The van der Waals surface area contributed by atoms with Gasteiger partial charge in [0, 0.05) is 17.2 Å². The van der Waals surface area contributed by atoms with Gasteiger partial charge in [-0.3, -0.25) is 0 Å². The Kier molecular flexibility index (Phi) is 5.71. The molecule has 0 aliphatic rings.